The summed E-state index contributed by atoms with van der Waals surface area (Å²) in [6.45, 7) is 3.88. The van der Waals surface area contributed by atoms with E-state index in [9.17, 15) is 9.59 Å². The molecule has 0 atom stereocenters. The van der Waals surface area contributed by atoms with Crippen LogP contribution in [0.3, 0.4) is 0 Å². The number of carbonyl (C=O) groups is 2. The van der Waals surface area contributed by atoms with Crippen molar-refractivity contribution in [2.24, 2.45) is 5.10 Å². The van der Waals surface area contributed by atoms with Gasteiger partial charge in [0.15, 0.2) is 0 Å². The van der Waals surface area contributed by atoms with E-state index in [4.69, 9.17) is 10.00 Å². The van der Waals surface area contributed by atoms with Crippen molar-refractivity contribution >= 4 is 18.1 Å². The molecule has 0 radical (unpaired) electrons. The lowest BCUT2D eigenvalue weighted by Crippen LogP contribution is -2.16. The molecule has 7 nitrogen and oxygen atoms in total. The third-order valence-corrected chi connectivity index (χ3v) is 3.65. The van der Waals surface area contributed by atoms with Crippen LogP contribution in [-0.4, -0.2) is 29.8 Å². The van der Waals surface area contributed by atoms with Gasteiger partial charge in [0.1, 0.15) is 6.42 Å². The molecule has 1 aromatic heterocycles. The SMILES string of the molecule is COC(=O)c1ccc(-n2c(C)cc(/C=N\NC(=O)CC#N)c2C)cc1. The Balaban J connectivity index is 2.24. The van der Waals surface area contributed by atoms with Crippen molar-refractivity contribution in [3.8, 4) is 11.8 Å². The van der Waals surface area contributed by atoms with Gasteiger partial charge < -0.3 is 9.30 Å². The van der Waals surface area contributed by atoms with Gasteiger partial charge in [-0.3, -0.25) is 4.79 Å². The van der Waals surface area contributed by atoms with Crippen molar-refractivity contribution in [2.75, 3.05) is 7.11 Å². The average molecular weight is 338 g/mol. The summed E-state index contributed by atoms with van der Waals surface area (Å²) in [4.78, 5) is 22.8. The fraction of sp³-hybridized carbons (Fsp3) is 0.222. The molecule has 0 fully saturated rings. The fourth-order valence-corrected chi connectivity index (χ4v) is 2.47. The molecule has 7 heteroatoms. The van der Waals surface area contributed by atoms with Crippen molar-refractivity contribution in [1.82, 2.24) is 9.99 Å². The molecule has 2 rings (SSSR count). The molecule has 0 saturated carbocycles. The van der Waals surface area contributed by atoms with Crippen molar-refractivity contribution < 1.29 is 14.3 Å². The van der Waals surface area contributed by atoms with Crippen LogP contribution in [0, 0.1) is 25.2 Å². The number of nitrogens with zero attached hydrogens (tertiary/aromatic N) is 3. The number of amides is 1. The molecule has 0 unspecified atom stereocenters. The number of rotatable bonds is 5. The Morgan fingerprint density at radius 2 is 2.00 bits per heavy atom. The molecule has 0 aliphatic rings. The highest BCUT2D eigenvalue weighted by Gasteiger charge is 2.11. The molecule has 1 aromatic carbocycles. The zero-order valence-corrected chi connectivity index (χ0v) is 14.2. The fourth-order valence-electron chi connectivity index (χ4n) is 2.47. The zero-order valence-electron chi connectivity index (χ0n) is 14.2. The number of nitriles is 1. The van der Waals surface area contributed by atoms with Crippen LogP contribution in [0.5, 0.6) is 0 Å². The van der Waals surface area contributed by atoms with Crippen LogP contribution in [0.15, 0.2) is 35.4 Å². The quantitative estimate of drug-likeness (QED) is 0.514. The van der Waals surface area contributed by atoms with E-state index in [1.807, 2.05) is 36.6 Å². The summed E-state index contributed by atoms with van der Waals surface area (Å²) in [6.07, 6.45) is 1.31. The van der Waals surface area contributed by atoms with Gasteiger partial charge >= 0.3 is 5.97 Å². The van der Waals surface area contributed by atoms with E-state index in [2.05, 4.69) is 10.5 Å². The molecule has 0 aliphatic heterocycles. The summed E-state index contributed by atoms with van der Waals surface area (Å²) < 4.78 is 6.71. The maximum atomic E-state index is 11.5. The lowest BCUT2D eigenvalue weighted by atomic mass is 10.2. The second-order valence-corrected chi connectivity index (χ2v) is 5.33. The number of nitrogens with one attached hydrogen (secondary N) is 1. The molecule has 1 amide bonds. The van der Waals surface area contributed by atoms with E-state index in [-0.39, 0.29) is 12.4 Å². The second-order valence-electron chi connectivity index (χ2n) is 5.33. The molecule has 1 N–H and O–H groups in total. The van der Waals surface area contributed by atoms with Crippen LogP contribution in [0.25, 0.3) is 5.69 Å². The van der Waals surface area contributed by atoms with Gasteiger partial charge in [-0.05, 0) is 44.2 Å². The molecular weight excluding hydrogens is 320 g/mol. The predicted molar refractivity (Wildman–Crippen MR) is 92.5 cm³/mol. The number of aromatic nitrogens is 1. The number of aryl methyl sites for hydroxylation is 1. The van der Waals surface area contributed by atoms with Crippen molar-refractivity contribution in [1.29, 1.82) is 5.26 Å². The Morgan fingerprint density at radius 3 is 2.60 bits per heavy atom. The van der Waals surface area contributed by atoms with Crippen LogP contribution in [-0.2, 0) is 9.53 Å². The molecule has 0 spiro atoms. The Labute approximate surface area is 145 Å². The highest BCUT2D eigenvalue weighted by atomic mass is 16.5. The monoisotopic (exact) mass is 338 g/mol. The summed E-state index contributed by atoms with van der Waals surface area (Å²) in [6, 6.07) is 10.8. The highest BCUT2D eigenvalue weighted by Crippen LogP contribution is 2.20. The summed E-state index contributed by atoms with van der Waals surface area (Å²) in [5.74, 6) is -0.834. The molecule has 0 bridgehead atoms. The number of hydrazone groups is 1. The summed E-state index contributed by atoms with van der Waals surface area (Å²) in [5, 5.41) is 12.3. The number of ether oxygens (including phenoxy) is 1. The minimum Gasteiger partial charge on any atom is -0.465 e. The molecule has 128 valence electrons. The van der Waals surface area contributed by atoms with Crippen LogP contribution in [0.4, 0.5) is 0 Å². The van der Waals surface area contributed by atoms with Crippen LogP contribution < -0.4 is 5.43 Å². The summed E-state index contributed by atoms with van der Waals surface area (Å²) >= 11 is 0. The normalized spacial score (nSPS) is 10.5. The third-order valence-electron chi connectivity index (χ3n) is 3.65. The highest BCUT2D eigenvalue weighted by molar-refractivity contribution is 5.89. The maximum Gasteiger partial charge on any atom is 0.337 e. The van der Waals surface area contributed by atoms with Crippen LogP contribution in [0.1, 0.15) is 33.7 Å². The van der Waals surface area contributed by atoms with Gasteiger partial charge in [0.05, 0.1) is 25.0 Å². The topological polar surface area (TPSA) is 96.5 Å². The molecule has 1 heterocycles. The van der Waals surface area contributed by atoms with E-state index in [1.54, 1.807) is 18.2 Å². The van der Waals surface area contributed by atoms with E-state index in [0.717, 1.165) is 22.6 Å². The Kier molecular flexibility index (Phi) is 5.69. The molecule has 0 saturated heterocycles. The Morgan fingerprint density at radius 1 is 1.32 bits per heavy atom. The zero-order chi connectivity index (χ0) is 18.4. The predicted octanol–water partition coefficient (Wildman–Crippen LogP) is 2.24. The Hall–Kier alpha value is -3.40. The first kappa shape index (κ1) is 17.9. The van der Waals surface area contributed by atoms with Crippen molar-refractivity contribution in [2.45, 2.75) is 20.3 Å². The number of hydrogen-bond acceptors (Lipinski definition) is 5. The van der Waals surface area contributed by atoms with Crippen LogP contribution in [0.2, 0.25) is 0 Å². The van der Waals surface area contributed by atoms with Gasteiger partial charge in [-0.2, -0.15) is 10.4 Å². The van der Waals surface area contributed by atoms with E-state index in [0.29, 0.717) is 5.56 Å². The van der Waals surface area contributed by atoms with E-state index in [1.165, 1.54) is 13.3 Å². The van der Waals surface area contributed by atoms with Gasteiger partial charge in [-0.25, -0.2) is 10.2 Å². The number of methoxy groups -OCH3 is 1. The number of carbonyl (C=O) groups excluding carboxylic acids is 2. The standard InChI is InChI=1S/C18H18N4O3/c1-12-10-15(11-20-21-17(23)8-9-19)13(2)22(12)16-6-4-14(5-7-16)18(24)25-3/h4-7,10-11H,8H2,1-3H3,(H,21,23)/b20-11-. The first-order valence-electron chi connectivity index (χ1n) is 7.54. The van der Waals surface area contributed by atoms with Gasteiger partial charge in [-0.1, -0.05) is 0 Å². The minimum atomic E-state index is -0.453. The van der Waals surface area contributed by atoms with Gasteiger partial charge in [-0.15, -0.1) is 0 Å². The average Bonchev–Trinajstić information content (AvgIpc) is 2.88. The summed E-state index contributed by atoms with van der Waals surface area (Å²) in [7, 11) is 1.34. The van der Waals surface area contributed by atoms with E-state index >= 15 is 0 Å². The van der Waals surface area contributed by atoms with Crippen LogP contribution >= 0.6 is 0 Å². The van der Waals surface area contributed by atoms with Gasteiger partial charge in [0.2, 0.25) is 0 Å². The van der Waals surface area contributed by atoms with E-state index < -0.39 is 5.91 Å². The molecule has 2 aromatic rings. The van der Waals surface area contributed by atoms with Gasteiger partial charge in [0, 0.05) is 22.6 Å². The number of hydrogen-bond donors (Lipinski definition) is 1. The lowest BCUT2D eigenvalue weighted by molar-refractivity contribution is -0.120. The molecule has 0 aliphatic carbocycles. The Bertz CT molecular complexity index is 858. The second kappa shape index (κ2) is 7.93. The first-order valence-corrected chi connectivity index (χ1v) is 7.54. The smallest absolute Gasteiger partial charge is 0.337 e. The lowest BCUT2D eigenvalue weighted by Gasteiger charge is -2.10. The third kappa shape index (κ3) is 4.12. The summed E-state index contributed by atoms with van der Waals surface area (Å²) in [5.41, 5.74) is 6.43. The molecule has 25 heavy (non-hydrogen) atoms. The largest absolute Gasteiger partial charge is 0.465 e. The number of esters is 1. The van der Waals surface area contributed by atoms with Gasteiger partial charge in [0.25, 0.3) is 5.91 Å². The first-order chi connectivity index (χ1) is 12.0. The van der Waals surface area contributed by atoms with Crippen molar-refractivity contribution in [3.05, 3.63) is 52.8 Å². The minimum absolute atomic E-state index is 0.233. The maximum absolute atomic E-state index is 11.5. The molecular formula is C18H18N4O3. The van der Waals surface area contributed by atoms with Crippen molar-refractivity contribution in [3.63, 3.8) is 0 Å². The number of benzene rings is 1.